The van der Waals surface area contributed by atoms with Gasteiger partial charge in [0.15, 0.2) is 0 Å². The van der Waals surface area contributed by atoms with Gasteiger partial charge in [0.05, 0.1) is 4.99 Å². The second-order valence-corrected chi connectivity index (χ2v) is 5.10. The molecule has 0 radical (unpaired) electrons. The molecule has 0 aliphatic heterocycles. The molecule has 1 amide bonds. The predicted molar refractivity (Wildman–Crippen MR) is 77.0 cm³/mol. The highest BCUT2D eigenvalue weighted by Gasteiger charge is 2.07. The van der Waals surface area contributed by atoms with Gasteiger partial charge < -0.3 is 11.1 Å². The summed E-state index contributed by atoms with van der Waals surface area (Å²) < 4.78 is 0. The summed E-state index contributed by atoms with van der Waals surface area (Å²) in [6, 6.07) is 0. The van der Waals surface area contributed by atoms with Gasteiger partial charge in [-0.3, -0.25) is 4.79 Å². The minimum atomic E-state index is 0.0819. The van der Waals surface area contributed by atoms with E-state index in [0.717, 1.165) is 12.8 Å². The molecule has 3 nitrogen and oxygen atoms in total. The number of rotatable bonds is 10. The predicted octanol–water partition coefficient (Wildman–Crippen LogP) is 2.78. The SMILES string of the molecule is CCCCCCCCC(=O)NCC(C)C(N)=S. The summed E-state index contributed by atoms with van der Waals surface area (Å²) in [6.45, 7) is 4.69. The van der Waals surface area contributed by atoms with Crippen LogP contribution in [0, 0.1) is 5.92 Å². The third-order valence-corrected chi connectivity index (χ3v) is 3.25. The standard InChI is InChI=1S/C13H26N2OS/c1-3-4-5-6-7-8-9-12(16)15-10-11(2)13(14)17/h11H,3-10H2,1-2H3,(H2,14,17)(H,15,16). The van der Waals surface area contributed by atoms with Crippen LogP contribution in [0.4, 0.5) is 0 Å². The van der Waals surface area contributed by atoms with E-state index in [0.29, 0.717) is 18.0 Å². The van der Waals surface area contributed by atoms with Crippen molar-refractivity contribution in [3.05, 3.63) is 0 Å². The van der Waals surface area contributed by atoms with Crippen molar-refractivity contribution in [3.8, 4) is 0 Å². The summed E-state index contributed by atoms with van der Waals surface area (Å²) in [7, 11) is 0. The van der Waals surface area contributed by atoms with E-state index in [-0.39, 0.29) is 11.8 Å². The minimum Gasteiger partial charge on any atom is -0.393 e. The average molecular weight is 258 g/mol. The summed E-state index contributed by atoms with van der Waals surface area (Å²) >= 11 is 4.84. The highest BCUT2D eigenvalue weighted by Crippen LogP contribution is 2.06. The quantitative estimate of drug-likeness (QED) is 0.468. The van der Waals surface area contributed by atoms with Crippen LogP contribution in [0.15, 0.2) is 0 Å². The van der Waals surface area contributed by atoms with Crippen molar-refractivity contribution >= 4 is 23.1 Å². The lowest BCUT2D eigenvalue weighted by Gasteiger charge is -2.10. The van der Waals surface area contributed by atoms with Crippen molar-refractivity contribution in [2.24, 2.45) is 11.7 Å². The van der Waals surface area contributed by atoms with E-state index in [4.69, 9.17) is 18.0 Å². The molecule has 0 rings (SSSR count). The molecule has 1 atom stereocenters. The van der Waals surface area contributed by atoms with Gasteiger partial charge >= 0.3 is 0 Å². The van der Waals surface area contributed by atoms with Gasteiger partial charge in [0.25, 0.3) is 0 Å². The summed E-state index contributed by atoms with van der Waals surface area (Å²) in [4.78, 5) is 11.9. The molecule has 0 saturated carbocycles. The van der Waals surface area contributed by atoms with Crippen molar-refractivity contribution in [3.63, 3.8) is 0 Å². The van der Waals surface area contributed by atoms with E-state index in [2.05, 4.69) is 12.2 Å². The van der Waals surface area contributed by atoms with Crippen molar-refractivity contribution in [1.29, 1.82) is 0 Å². The molecular formula is C13H26N2OS. The molecule has 0 saturated heterocycles. The van der Waals surface area contributed by atoms with E-state index in [1.807, 2.05) is 6.92 Å². The Balaban J connectivity index is 3.38. The second-order valence-electron chi connectivity index (χ2n) is 4.63. The third-order valence-electron chi connectivity index (χ3n) is 2.85. The van der Waals surface area contributed by atoms with Gasteiger partial charge in [0.2, 0.25) is 5.91 Å². The first kappa shape index (κ1) is 16.4. The number of unbranched alkanes of at least 4 members (excludes halogenated alkanes) is 5. The zero-order valence-corrected chi connectivity index (χ0v) is 11.9. The average Bonchev–Trinajstić information content (AvgIpc) is 2.30. The van der Waals surface area contributed by atoms with Crippen molar-refractivity contribution in [2.75, 3.05) is 6.54 Å². The Morgan fingerprint density at radius 2 is 1.82 bits per heavy atom. The maximum Gasteiger partial charge on any atom is 0.220 e. The van der Waals surface area contributed by atoms with E-state index in [9.17, 15) is 4.79 Å². The lowest BCUT2D eigenvalue weighted by atomic mass is 10.1. The fraction of sp³-hybridized carbons (Fsp3) is 0.846. The van der Waals surface area contributed by atoms with Gasteiger partial charge in [-0.2, -0.15) is 0 Å². The van der Waals surface area contributed by atoms with Crippen LogP contribution in [0.5, 0.6) is 0 Å². The van der Waals surface area contributed by atoms with Crippen LogP contribution in [0.1, 0.15) is 58.8 Å². The molecule has 17 heavy (non-hydrogen) atoms. The Hall–Kier alpha value is -0.640. The van der Waals surface area contributed by atoms with E-state index in [1.54, 1.807) is 0 Å². The van der Waals surface area contributed by atoms with Gasteiger partial charge in [0, 0.05) is 18.9 Å². The molecule has 0 aliphatic carbocycles. The number of hydrogen-bond acceptors (Lipinski definition) is 2. The number of nitrogens with two attached hydrogens (primary N) is 1. The van der Waals surface area contributed by atoms with E-state index < -0.39 is 0 Å². The molecule has 0 spiro atoms. The number of carbonyl (C=O) groups excluding carboxylic acids is 1. The largest absolute Gasteiger partial charge is 0.393 e. The lowest BCUT2D eigenvalue weighted by molar-refractivity contribution is -0.121. The van der Waals surface area contributed by atoms with Crippen LogP contribution in [-0.4, -0.2) is 17.4 Å². The number of hydrogen-bond donors (Lipinski definition) is 2. The molecule has 0 aromatic heterocycles. The Labute approximate surface area is 111 Å². The molecule has 0 aliphatic rings. The molecular weight excluding hydrogens is 232 g/mol. The fourth-order valence-corrected chi connectivity index (χ4v) is 1.61. The Bertz CT molecular complexity index is 231. The van der Waals surface area contributed by atoms with Crippen LogP contribution >= 0.6 is 12.2 Å². The maximum absolute atomic E-state index is 11.5. The fourth-order valence-electron chi connectivity index (χ4n) is 1.52. The number of carbonyl (C=O) groups is 1. The Morgan fingerprint density at radius 1 is 1.24 bits per heavy atom. The van der Waals surface area contributed by atoms with Crippen molar-refractivity contribution in [1.82, 2.24) is 5.32 Å². The normalized spacial score (nSPS) is 12.1. The number of amides is 1. The second kappa shape index (κ2) is 10.5. The van der Waals surface area contributed by atoms with Gasteiger partial charge in [-0.15, -0.1) is 0 Å². The van der Waals surface area contributed by atoms with Crippen LogP contribution in [0.25, 0.3) is 0 Å². The molecule has 3 N–H and O–H groups in total. The number of nitrogens with one attached hydrogen (secondary N) is 1. The van der Waals surface area contributed by atoms with Crippen molar-refractivity contribution < 1.29 is 4.79 Å². The van der Waals surface area contributed by atoms with Gasteiger partial charge in [0.1, 0.15) is 0 Å². The molecule has 0 bridgehead atoms. The highest BCUT2D eigenvalue weighted by atomic mass is 32.1. The number of thiocarbonyl (C=S) groups is 1. The van der Waals surface area contributed by atoms with E-state index in [1.165, 1.54) is 25.7 Å². The first-order valence-electron chi connectivity index (χ1n) is 6.64. The molecule has 100 valence electrons. The zero-order valence-electron chi connectivity index (χ0n) is 11.1. The molecule has 0 aromatic rings. The first-order valence-corrected chi connectivity index (χ1v) is 7.04. The Kier molecular flexibility index (Phi) is 10.1. The minimum absolute atomic E-state index is 0.0819. The zero-order chi connectivity index (χ0) is 13.1. The molecule has 0 fully saturated rings. The third kappa shape index (κ3) is 10.2. The summed E-state index contributed by atoms with van der Waals surface area (Å²) in [5.74, 6) is 0.196. The lowest BCUT2D eigenvalue weighted by Crippen LogP contribution is -2.33. The Morgan fingerprint density at radius 3 is 2.41 bits per heavy atom. The van der Waals surface area contributed by atoms with Crippen molar-refractivity contribution in [2.45, 2.75) is 58.8 Å². The first-order chi connectivity index (χ1) is 8.07. The molecule has 4 heteroatoms. The monoisotopic (exact) mass is 258 g/mol. The summed E-state index contributed by atoms with van der Waals surface area (Å²) in [6.07, 6.45) is 7.85. The molecule has 1 unspecified atom stereocenters. The van der Waals surface area contributed by atoms with Gasteiger partial charge in [-0.05, 0) is 6.42 Å². The van der Waals surface area contributed by atoms with Crippen LogP contribution in [-0.2, 0) is 4.79 Å². The van der Waals surface area contributed by atoms with Crippen LogP contribution < -0.4 is 11.1 Å². The van der Waals surface area contributed by atoms with E-state index >= 15 is 0 Å². The molecule has 0 aromatic carbocycles. The maximum atomic E-state index is 11.5. The van der Waals surface area contributed by atoms with Gasteiger partial charge in [-0.1, -0.05) is 58.2 Å². The van der Waals surface area contributed by atoms with Crippen LogP contribution in [0.2, 0.25) is 0 Å². The summed E-state index contributed by atoms with van der Waals surface area (Å²) in [5.41, 5.74) is 5.47. The molecule has 0 heterocycles. The van der Waals surface area contributed by atoms with Gasteiger partial charge in [-0.25, -0.2) is 0 Å². The summed E-state index contributed by atoms with van der Waals surface area (Å²) in [5, 5.41) is 2.86. The topological polar surface area (TPSA) is 55.1 Å². The highest BCUT2D eigenvalue weighted by molar-refractivity contribution is 7.80. The smallest absolute Gasteiger partial charge is 0.220 e. The van der Waals surface area contributed by atoms with Crippen LogP contribution in [0.3, 0.4) is 0 Å².